The van der Waals surface area contributed by atoms with Crippen LogP contribution < -0.4 is 5.32 Å². The molecule has 0 bridgehead atoms. The highest BCUT2D eigenvalue weighted by atomic mass is 16.5. The van der Waals surface area contributed by atoms with Crippen molar-refractivity contribution >= 4 is 0 Å². The van der Waals surface area contributed by atoms with Crippen LogP contribution in [0.4, 0.5) is 0 Å². The normalized spacial score (nSPS) is 35.4. The zero-order valence-corrected chi connectivity index (χ0v) is 12.3. The first-order valence-corrected chi connectivity index (χ1v) is 8.15. The quantitative estimate of drug-likeness (QED) is 0.895. The van der Waals surface area contributed by atoms with Crippen LogP contribution in [-0.2, 0) is 11.3 Å². The monoisotopic (exact) mass is 275 g/mol. The molecule has 110 valence electrons. The van der Waals surface area contributed by atoms with E-state index in [0.29, 0.717) is 23.6 Å². The molecule has 3 fully saturated rings. The van der Waals surface area contributed by atoms with Gasteiger partial charge in [0.05, 0.1) is 6.10 Å². The molecule has 0 amide bonds. The molecule has 2 saturated carbocycles. The van der Waals surface area contributed by atoms with Gasteiger partial charge in [0.25, 0.3) is 0 Å². The first-order chi connectivity index (χ1) is 9.79. The molecule has 4 atom stereocenters. The fraction of sp³-hybridized carbons (Fsp3) is 0.812. The Morgan fingerprint density at radius 1 is 1.50 bits per heavy atom. The van der Waals surface area contributed by atoms with Crippen LogP contribution in [0.25, 0.3) is 0 Å². The molecule has 2 heterocycles. The molecule has 4 heteroatoms. The zero-order valence-electron chi connectivity index (χ0n) is 12.3. The Balaban J connectivity index is 1.34. The molecule has 20 heavy (non-hydrogen) atoms. The standard InChI is InChI=1S/C16H25N3O/c1-12(4-10-19-9-3-8-17-19)18-14-13-5-11-20-15(13)16(14)6-2-7-16/h3,8-9,12-15,18H,2,4-7,10-11H2,1H3/t12-,13+,14-,15-/m1/s1. The fourth-order valence-electron chi connectivity index (χ4n) is 4.64. The second kappa shape index (κ2) is 4.85. The van der Waals surface area contributed by atoms with Crippen molar-refractivity contribution in [3.63, 3.8) is 0 Å². The number of fused-ring (bicyclic) bond motifs is 2. The molecule has 4 rings (SSSR count). The number of aryl methyl sites for hydroxylation is 1. The van der Waals surface area contributed by atoms with Crippen LogP contribution in [0, 0.1) is 11.3 Å². The van der Waals surface area contributed by atoms with E-state index < -0.39 is 0 Å². The molecule has 1 aromatic heterocycles. The summed E-state index contributed by atoms with van der Waals surface area (Å²) in [6, 6.07) is 3.26. The summed E-state index contributed by atoms with van der Waals surface area (Å²) in [5.74, 6) is 0.780. The van der Waals surface area contributed by atoms with Gasteiger partial charge in [0, 0.05) is 49.0 Å². The molecule has 2 aliphatic carbocycles. The third-order valence-corrected chi connectivity index (χ3v) is 5.85. The summed E-state index contributed by atoms with van der Waals surface area (Å²) in [7, 11) is 0. The lowest BCUT2D eigenvalue weighted by Crippen LogP contribution is -2.72. The van der Waals surface area contributed by atoms with Crippen LogP contribution in [-0.4, -0.2) is 34.6 Å². The van der Waals surface area contributed by atoms with Gasteiger partial charge in [-0.3, -0.25) is 4.68 Å². The zero-order chi connectivity index (χ0) is 13.6. The molecule has 1 aliphatic heterocycles. The highest BCUT2D eigenvalue weighted by molar-refractivity contribution is 5.18. The van der Waals surface area contributed by atoms with Gasteiger partial charge in [0.15, 0.2) is 0 Å². The number of hydrogen-bond donors (Lipinski definition) is 1. The van der Waals surface area contributed by atoms with Crippen molar-refractivity contribution in [3.05, 3.63) is 18.5 Å². The maximum atomic E-state index is 5.99. The predicted molar refractivity (Wildman–Crippen MR) is 77.4 cm³/mol. The minimum absolute atomic E-state index is 0.501. The molecule has 1 saturated heterocycles. The molecule has 4 nitrogen and oxygen atoms in total. The van der Waals surface area contributed by atoms with Crippen molar-refractivity contribution in [2.75, 3.05) is 6.61 Å². The molecule has 3 aliphatic rings. The molecular weight excluding hydrogens is 250 g/mol. The first-order valence-electron chi connectivity index (χ1n) is 8.15. The minimum atomic E-state index is 0.501. The maximum absolute atomic E-state index is 5.99. The van der Waals surface area contributed by atoms with Crippen LogP contribution >= 0.6 is 0 Å². The molecule has 1 spiro atoms. The van der Waals surface area contributed by atoms with E-state index in [1.165, 1.54) is 25.7 Å². The van der Waals surface area contributed by atoms with E-state index in [1.807, 2.05) is 23.1 Å². The summed E-state index contributed by atoms with van der Waals surface area (Å²) in [6.07, 6.45) is 11.0. The summed E-state index contributed by atoms with van der Waals surface area (Å²) in [5.41, 5.74) is 0.501. The molecule has 1 aromatic rings. The van der Waals surface area contributed by atoms with Gasteiger partial charge < -0.3 is 10.1 Å². The molecule has 0 radical (unpaired) electrons. The van der Waals surface area contributed by atoms with Crippen LogP contribution in [0.2, 0.25) is 0 Å². The average molecular weight is 275 g/mol. The van der Waals surface area contributed by atoms with Gasteiger partial charge >= 0.3 is 0 Å². The van der Waals surface area contributed by atoms with Gasteiger partial charge in [0.1, 0.15) is 0 Å². The predicted octanol–water partition coefficient (Wildman–Crippen LogP) is 2.21. The summed E-state index contributed by atoms with van der Waals surface area (Å²) in [6.45, 7) is 4.31. The van der Waals surface area contributed by atoms with E-state index in [0.717, 1.165) is 25.5 Å². The van der Waals surface area contributed by atoms with Crippen molar-refractivity contribution in [1.29, 1.82) is 0 Å². The largest absolute Gasteiger partial charge is 0.377 e. The number of ether oxygens (including phenoxy) is 1. The fourth-order valence-corrected chi connectivity index (χ4v) is 4.64. The van der Waals surface area contributed by atoms with E-state index in [1.54, 1.807) is 0 Å². The summed E-state index contributed by atoms with van der Waals surface area (Å²) >= 11 is 0. The smallest absolute Gasteiger partial charge is 0.0690 e. The lowest BCUT2D eigenvalue weighted by Gasteiger charge is -2.64. The maximum Gasteiger partial charge on any atom is 0.0690 e. The Bertz CT molecular complexity index is 454. The number of aromatic nitrogens is 2. The van der Waals surface area contributed by atoms with E-state index >= 15 is 0 Å². The van der Waals surface area contributed by atoms with Crippen molar-refractivity contribution < 1.29 is 4.74 Å². The van der Waals surface area contributed by atoms with E-state index in [9.17, 15) is 0 Å². The third-order valence-electron chi connectivity index (χ3n) is 5.85. The molecule has 1 N–H and O–H groups in total. The van der Waals surface area contributed by atoms with Crippen LogP contribution in [0.15, 0.2) is 18.5 Å². The second-order valence-electron chi connectivity index (χ2n) is 6.93. The van der Waals surface area contributed by atoms with Crippen LogP contribution in [0.3, 0.4) is 0 Å². The Kier molecular flexibility index (Phi) is 3.11. The van der Waals surface area contributed by atoms with Crippen LogP contribution in [0.5, 0.6) is 0 Å². The minimum Gasteiger partial charge on any atom is -0.377 e. The van der Waals surface area contributed by atoms with Gasteiger partial charge in [-0.2, -0.15) is 5.10 Å². The van der Waals surface area contributed by atoms with E-state index in [-0.39, 0.29) is 0 Å². The number of hydrogen-bond acceptors (Lipinski definition) is 3. The summed E-state index contributed by atoms with van der Waals surface area (Å²) in [4.78, 5) is 0. The lowest BCUT2D eigenvalue weighted by atomic mass is 9.46. The van der Waals surface area contributed by atoms with Crippen molar-refractivity contribution in [3.8, 4) is 0 Å². The van der Waals surface area contributed by atoms with Gasteiger partial charge in [-0.1, -0.05) is 6.42 Å². The summed E-state index contributed by atoms with van der Waals surface area (Å²) < 4.78 is 8.01. The van der Waals surface area contributed by atoms with E-state index in [4.69, 9.17) is 4.74 Å². The Morgan fingerprint density at radius 2 is 2.40 bits per heavy atom. The third kappa shape index (κ3) is 1.85. The van der Waals surface area contributed by atoms with Gasteiger partial charge in [-0.25, -0.2) is 0 Å². The number of rotatable bonds is 5. The van der Waals surface area contributed by atoms with Crippen LogP contribution in [0.1, 0.15) is 39.0 Å². The first kappa shape index (κ1) is 12.8. The van der Waals surface area contributed by atoms with E-state index in [2.05, 4.69) is 17.3 Å². The highest BCUT2D eigenvalue weighted by Gasteiger charge is 2.66. The highest BCUT2D eigenvalue weighted by Crippen LogP contribution is 2.62. The topological polar surface area (TPSA) is 39.1 Å². The Labute approximate surface area is 120 Å². The number of nitrogens with zero attached hydrogens (tertiary/aromatic N) is 2. The second-order valence-corrected chi connectivity index (χ2v) is 6.93. The number of nitrogens with one attached hydrogen (secondary N) is 1. The molecule has 0 unspecified atom stereocenters. The van der Waals surface area contributed by atoms with Gasteiger partial charge in [0.2, 0.25) is 0 Å². The molecular formula is C16H25N3O. The van der Waals surface area contributed by atoms with Crippen molar-refractivity contribution in [2.45, 2.75) is 63.8 Å². The van der Waals surface area contributed by atoms with Crippen molar-refractivity contribution in [1.82, 2.24) is 15.1 Å². The SMILES string of the molecule is C[C@H](CCn1cccn1)N[C@@H]1[C@@H]2CCO[C@H]2C12CCC2. The van der Waals surface area contributed by atoms with Gasteiger partial charge in [-0.05, 0) is 38.7 Å². The Hall–Kier alpha value is -0.870. The van der Waals surface area contributed by atoms with Crippen molar-refractivity contribution in [2.24, 2.45) is 11.3 Å². The lowest BCUT2D eigenvalue weighted by molar-refractivity contribution is -0.178. The molecule has 0 aromatic carbocycles. The average Bonchev–Trinajstić information content (AvgIpc) is 3.02. The summed E-state index contributed by atoms with van der Waals surface area (Å²) in [5, 5.41) is 8.20. The van der Waals surface area contributed by atoms with Gasteiger partial charge in [-0.15, -0.1) is 0 Å². The Morgan fingerprint density at radius 3 is 3.10 bits per heavy atom.